The highest BCUT2D eigenvalue weighted by molar-refractivity contribution is 5.93. The largest absolute Gasteiger partial charge is 0.488 e. The lowest BCUT2D eigenvalue weighted by atomic mass is 9.92. The first kappa shape index (κ1) is 96.1. The molecule has 22 rings (SSSR count). The zero-order valence-corrected chi connectivity index (χ0v) is 80.8. The number of carbonyl (C=O) groups excluding carboxylic acids is 3. The first-order valence-corrected chi connectivity index (χ1v) is 50.0. The SMILES string of the molecule is CC(C)(C)OC(=O)N1CCc2cnc(NC3CCC(Oc4cc(N5CCOCC5)cc5nccnc45)CC3)nc2C1.CN(C)C(=O)c1cnc(NC2CCC(Oc3cc(N4CCOCC4)cc4nccnc34)CC2)nc1.O=C(NC1CCC(Oc2cc(N3CCOCC3)cc3nccnc23)CC1)C1COC1.c1cnc2c(OC3CCC(Nc4ncc5c(n4)CNCC5)CC3)cc(N3CCOCC3)cc2n1. The van der Waals surface area contributed by atoms with E-state index in [0.717, 1.165) is 347 Å². The van der Waals surface area contributed by atoms with E-state index < -0.39 is 5.60 Å². The van der Waals surface area contributed by atoms with Crippen LogP contribution in [-0.4, -0.2) is 297 Å². The van der Waals surface area contributed by atoms with Crippen LogP contribution in [0.25, 0.3) is 44.1 Å². The Morgan fingerprint density at radius 3 is 1.09 bits per heavy atom. The Hall–Kier alpha value is -12.8. The number of anilines is 7. The van der Waals surface area contributed by atoms with E-state index in [-0.39, 0.29) is 66.4 Å². The number of aromatic nitrogens is 14. The van der Waals surface area contributed by atoms with E-state index in [9.17, 15) is 14.4 Å². The highest BCUT2D eigenvalue weighted by Crippen LogP contribution is 2.40. The van der Waals surface area contributed by atoms with Crippen molar-refractivity contribution in [3.05, 3.63) is 151 Å². The van der Waals surface area contributed by atoms with Crippen molar-refractivity contribution in [2.24, 2.45) is 5.92 Å². The predicted octanol–water partition coefficient (Wildman–Crippen LogP) is 11.7. The predicted molar refractivity (Wildman–Crippen MR) is 530 cm³/mol. The number of nitrogens with one attached hydrogen (secondary N) is 5. The van der Waals surface area contributed by atoms with Crippen LogP contribution < -0.4 is 65.1 Å². The zero-order valence-electron chi connectivity index (χ0n) is 80.8. The lowest BCUT2D eigenvalue weighted by Crippen LogP contribution is -2.47. The molecule has 3 amide bonds. The smallest absolute Gasteiger partial charge is 0.410 e. The Morgan fingerprint density at radius 2 is 0.736 bits per heavy atom. The standard InChI is InChI=1S/C30H39N7O4.C25H31N7O3.C25H31N7O2.C22H28N4O4/c1-30(2,3)41-29(38)37-11-8-20-18-33-28(35-25(20)19-37)34-21-4-6-23(7-5-21)40-26-17-22(36-12-14-39-15-13-36)16-24-27(26)32-10-9-31-24;1-31(2)24(33)17-15-28-25(29-16-17)30-18-3-5-20(6-4-18)35-22-14-19(32-9-11-34-12-10-32)13-21-23(22)27-8-7-26-21;1-3-20(4-2-18(1)30-25-29-15-17-5-6-26-16-22(17)31-25)34-23-14-19(32-9-11-33-12-10-32)13-21-24(23)28-8-7-27-21;27-22(15-13-29-14-15)25-16-1-3-18(4-2-16)30-20-12-17(26-7-9-28-10-8-26)11-19-21(20)24-6-5-23-19/h9-10,16-18,21,23H,4-8,11-15,19H2,1-3H3,(H,33,34,35);7-8,13-16,18,20H,3-6,9-12H2,1-2H3,(H,28,29,30);7-8,13-15,18,20,26H,1-6,9-12,16H2,(H,29,30,31);5-6,11-12,15-16,18H,1-4,7-10,13-14H2,(H,25,27). The molecule has 38 nitrogen and oxygen atoms in total. The molecule has 4 aliphatic carbocycles. The molecule has 0 atom stereocenters. The molecule has 140 heavy (non-hydrogen) atoms. The lowest BCUT2D eigenvalue weighted by Gasteiger charge is -2.33. The topological polar surface area (TPSA) is 404 Å². The third-order valence-electron chi connectivity index (χ3n) is 27.5. The van der Waals surface area contributed by atoms with Gasteiger partial charge in [0.15, 0.2) is 0 Å². The van der Waals surface area contributed by atoms with Crippen molar-refractivity contribution in [1.29, 1.82) is 0 Å². The van der Waals surface area contributed by atoms with Crippen molar-refractivity contribution in [3.63, 3.8) is 0 Å². The molecule has 5 saturated heterocycles. The maximum Gasteiger partial charge on any atom is 0.410 e. The van der Waals surface area contributed by atoms with Gasteiger partial charge in [-0.2, -0.15) is 0 Å². The Bertz CT molecular complexity index is 6010. The van der Waals surface area contributed by atoms with Crippen LogP contribution in [-0.2, 0) is 59.1 Å². The molecule has 0 bridgehead atoms. The van der Waals surface area contributed by atoms with Gasteiger partial charge in [-0.05, 0) is 178 Å². The summed E-state index contributed by atoms with van der Waals surface area (Å²) in [5.74, 6) is 5.16. The molecular formula is C102H129N25O13. The molecular weight excluding hydrogens is 1780 g/mol. The summed E-state index contributed by atoms with van der Waals surface area (Å²) in [5.41, 5.74) is 15.4. The summed E-state index contributed by atoms with van der Waals surface area (Å²) >= 11 is 0. The van der Waals surface area contributed by atoms with E-state index >= 15 is 0 Å². The number of amides is 3. The van der Waals surface area contributed by atoms with Crippen LogP contribution in [0.1, 0.15) is 156 Å². The number of carbonyl (C=O) groups is 3. The maximum atomic E-state index is 12.6. The van der Waals surface area contributed by atoms with Gasteiger partial charge in [-0.15, -0.1) is 0 Å². The van der Waals surface area contributed by atoms with Crippen molar-refractivity contribution in [1.82, 2.24) is 90.2 Å². The number of hydrogen-bond acceptors (Lipinski definition) is 35. The van der Waals surface area contributed by atoms with Gasteiger partial charge in [-0.3, -0.25) is 29.5 Å². The van der Waals surface area contributed by atoms with Crippen LogP contribution in [0.5, 0.6) is 23.0 Å². The number of rotatable bonds is 21. The van der Waals surface area contributed by atoms with Gasteiger partial charge in [-0.1, -0.05) is 0 Å². The third-order valence-corrected chi connectivity index (χ3v) is 27.5. The summed E-state index contributed by atoms with van der Waals surface area (Å²) in [6, 6.07) is 17.9. The molecule has 14 heterocycles. The second-order valence-electron chi connectivity index (χ2n) is 38.8. The summed E-state index contributed by atoms with van der Waals surface area (Å²) in [5, 5.41) is 17.0. The van der Waals surface area contributed by atoms with Crippen molar-refractivity contribution in [2.75, 3.05) is 181 Å². The van der Waals surface area contributed by atoms with Gasteiger partial charge in [0.1, 0.15) is 50.7 Å². The Labute approximate surface area is 815 Å². The molecule has 7 aromatic heterocycles. The molecule has 11 aromatic rings. The molecule has 0 spiro atoms. The highest BCUT2D eigenvalue weighted by atomic mass is 16.6. The first-order valence-electron chi connectivity index (χ1n) is 50.0. The van der Waals surface area contributed by atoms with E-state index in [2.05, 4.69) is 155 Å². The first-order chi connectivity index (χ1) is 68.4. The number of morpholine rings is 4. The lowest BCUT2D eigenvalue weighted by molar-refractivity contribution is -0.139. The number of benzene rings is 4. The van der Waals surface area contributed by atoms with E-state index in [1.807, 2.05) is 33.2 Å². The quantitative estimate of drug-likeness (QED) is 0.0446. The Kier molecular flexibility index (Phi) is 31.4. The maximum absolute atomic E-state index is 12.6. The van der Waals surface area contributed by atoms with E-state index in [1.54, 1.807) is 81.0 Å². The van der Waals surface area contributed by atoms with Gasteiger partial charge in [0, 0.05) is 225 Å². The number of fused-ring (bicyclic) bond motifs is 6. The van der Waals surface area contributed by atoms with Crippen LogP contribution >= 0.6 is 0 Å². The molecule has 4 aromatic carbocycles. The van der Waals surface area contributed by atoms with E-state index in [4.69, 9.17) is 57.3 Å². The van der Waals surface area contributed by atoms with Crippen LogP contribution in [0.15, 0.2) is 123 Å². The molecule has 740 valence electrons. The Balaban J connectivity index is 0.000000120. The van der Waals surface area contributed by atoms with Gasteiger partial charge < -0.3 is 103 Å². The fourth-order valence-electron chi connectivity index (χ4n) is 19.7. The van der Waals surface area contributed by atoms with Crippen molar-refractivity contribution in [3.8, 4) is 23.0 Å². The van der Waals surface area contributed by atoms with Crippen LogP contribution in [0.3, 0.4) is 0 Å². The van der Waals surface area contributed by atoms with Crippen molar-refractivity contribution >= 4 is 103 Å². The summed E-state index contributed by atoms with van der Waals surface area (Å²) in [6.07, 6.45) is 37.8. The summed E-state index contributed by atoms with van der Waals surface area (Å²) in [6.45, 7) is 22.4. The highest BCUT2D eigenvalue weighted by Gasteiger charge is 2.35. The van der Waals surface area contributed by atoms with Crippen LogP contribution in [0, 0.1) is 5.92 Å². The molecule has 0 unspecified atom stereocenters. The molecule has 38 heteroatoms. The van der Waals surface area contributed by atoms with Crippen LogP contribution in [0.2, 0.25) is 0 Å². The number of hydrogen-bond donors (Lipinski definition) is 5. The zero-order chi connectivity index (χ0) is 95.7. The van der Waals surface area contributed by atoms with Crippen molar-refractivity contribution in [2.45, 2.75) is 204 Å². The second-order valence-corrected chi connectivity index (χ2v) is 38.8. The summed E-state index contributed by atoms with van der Waals surface area (Å²) in [7, 11) is 3.42. The average Bonchev–Trinajstić information content (AvgIpc) is 0.789. The third kappa shape index (κ3) is 25.0. The molecule has 11 aliphatic rings. The Morgan fingerprint density at radius 1 is 0.393 bits per heavy atom. The van der Waals surface area contributed by atoms with Gasteiger partial charge in [0.05, 0.1) is 142 Å². The van der Waals surface area contributed by atoms with Gasteiger partial charge in [0.2, 0.25) is 23.8 Å². The summed E-state index contributed by atoms with van der Waals surface area (Å²) < 4.78 is 58.8. The molecule has 5 N–H and O–H groups in total. The average molecular weight is 1910 g/mol. The number of ether oxygens (including phenoxy) is 10. The van der Waals surface area contributed by atoms with Gasteiger partial charge in [0.25, 0.3) is 5.91 Å². The van der Waals surface area contributed by atoms with E-state index in [1.165, 1.54) is 10.5 Å². The van der Waals surface area contributed by atoms with Crippen molar-refractivity contribution < 1.29 is 61.8 Å². The van der Waals surface area contributed by atoms with E-state index in [0.29, 0.717) is 49.8 Å². The molecule has 9 fully saturated rings. The monoisotopic (exact) mass is 1910 g/mol. The minimum absolute atomic E-state index is 0.0341. The normalized spacial score (nSPS) is 22.3. The fourth-order valence-corrected chi connectivity index (χ4v) is 19.7. The summed E-state index contributed by atoms with van der Waals surface area (Å²) in [4.78, 5) is 113. The number of nitrogens with zero attached hydrogens (tertiary/aromatic N) is 20. The molecule has 0 radical (unpaired) electrons. The minimum Gasteiger partial charge on any atom is -0.488 e. The van der Waals surface area contributed by atoms with Gasteiger partial charge >= 0.3 is 6.09 Å². The molecule has 4 saturated carbocycles. The second kappa shape index (κ2) is 45.7. The van der Waals surface area contributed by atoms with Crippen LogP contribution in [0.4, 0.5) is 45.4 Å². The van der Waals surface area contributed by atoms with Gasteiger partial charge in [-0.25, -0.2) is 54.6 Å². The minimum atomic E-state index is -0.523. The fraction of sp³-hybridized carbons (Fsp3) is 0.539. The molecule has 7 aliphatic heterocycles.